The molecule has 0 fully saturated rings. The van der Waals surface area contributed by atoms with Crippen molar-refractivity contribution >= 4 is 17.6 Å². The van der Waals surface area contributed by atoms with Crippen LogP contribution in [0.4, 0.5) is 0 Å². The van der Waals surface area contributed by atoms with Crippen LogP contribution < -0.4 is 5.43 Å². The lowest BCUT2D eigenvalue weighted by Gasteiger charge is -2.06. The minimum atomic E-state index is -0.913. The number of hydrogen-bond acceptors (Lipinski definition) is 4. The highest BCUT2D eigenvalue weighted by Crippen LogP contribution is 2.07. The average Bonchev–Trinajstić information content (AvgIpc) is 2.56. The zero-order chi connectivity index (χ0) is 15.8. The molecule has 1 aromatic heterocycles. The van der Waals surface area contributed by atoms with Crippen molar-refractivity contribution in [3.05, 3.63) is 66.0 Å². The molecule has 112 valence electrons. The van der Waals surface area contributed by atoms with Gasteiger partial charge >= 0.3 is 5.97 Å². The number of aromatic nitrogens is 1. The van der Waals surface area contributed by atoms with E-state index < -0.39 is 5.97 Å². The van der Waals surface area contributed by atoms with Gasteiger partial charge in [-0.15, -0.1) is 0 Å². The predicted molar refractivity (Wildman–Crippen MR) is 81.6 cm³/mol. The summed E-state index contributed by atoms with van der Waals surface area (Å²) in [6.07, 6.45) is 3.21. The van der Waals surface area contributed by atoms with Crippen LogP contribution in [0.3, 0.4) is 0 Å². The Morgan fingerprint density at radius 3 is 2.32 bits per heavy atom. The fourth-order valence-corrected chi connectivity index (χ4v) is 1.81. The molecule has 2 N–H and O–H groups in total. The quantitative estimate of drug-likeness (QED) is 0.630. The van der Waals surface area contributed by atoms with Gasteiger partial charge in [0.15, 0.2) is 0 Å². The maximum absolute atomic E-state index is 12.0. The number of pyridine rings is 1. The number of carbonyl (C=O) groups is 2. The third kappa shape index (κ3) is 4.52. The van der Waals surface area contributed by atoms with Crippen LogP contribution in [0, 0.1) is 0 Å². The highest BCUT2D eigenvalue weighted by Gasteiger charge is 2.09. The number of amides is 1. The van der Waals surface area contributed by atoms with Crippen molar-refractivity contribution in [3.8, 4) is 0 Å². The molecule has 2 rings (SSSR count). The first-order valence-electron chi connectivity index (χ1n) is 6.71. The highest BCUT2D eigenvalue weighted by atomic mass is 16.4. The Labute approximate surface area is 127 Å². The smallest absolute Gasteiger partial charge is 0.303 e. The highest BCUT2D eigenvalue weighted by molar-refractivity contribution is 6.03. The second kappa shape index (κ2) is 7.68. The van der Waals surface area contributed by atoms with E-state index in [-0.39, 0.29) is 18.7 Å². The number of carboxylic acid groups (broad SMARTS) is 1. The van der Waals surface area contributed by atoms with Gasteiger partial charge in [-0.05, 0) is 17.7 Å². The Balaban J connectivity index is 2.14. The number of carbonyl (C=O) groups excluding carboxylic acids is 1. The third-order valence-electron chi connectivity index (χ3n) is 2.92. The molecular weight excluding hydrogens is 282 g/mol. The van der Waals surface area contributed by atoms with Crippen LogP contribution in [0.2, 0.25) is 0 Å². The molecule has 1 amide bonds. The molecule has 0 saturated heterocycles. The van der Waals surface area contributed by atoms with E-state index in [0.29, 0.717) is 11.3 Å². The number of carboxylic acids is 1. The number of hydrazone groups is 1. The summed E-state index contributed by atoms with van der Waals surface area (Å²) in [7, 11) is 0. The van der Waals surface area contributed by atoms with Crippen LogP contribution in [0.1, 0.15) is 28.8 Å². The van der Waals surface area contributed by atoms with Crippen molar-refractivity contribution in [3.63, 3.8) is 0 Å². The molecule has 0 aliphatic carbocycles. The number of hydrogen-bond donors (Lipinski definition) is 2. The van der Waals surface area contributed by atoms with Crippen LogP contribution in [0.5, 0.6) is 0 Å². The SMILES string of the molecule is O=C(O)CC/C(=N/NC(=O)c1ccncc1)c1ccccc1. The van der Waals surface area contributed by atoms with E-state index in [1.807, 2.05) is 30.3 Å². The molecule has 0 atom stereocenters. The first kappa shape index (κ1) is 15.4. The van der Waals surface area contributed by atoms with Gasteiger partial charge in [-0.1, -0.05) is 30.3 Å². The number of nitrogens with one attached hydrogen (secondary N) is 1. The van der Waals surface area contributed by atoms with Gasteiger partial charge < -0.3 is 5.11 Å². The molecule has 0 spiro atoms. The maximum atomic E-state index is 12.0. The molecule has 1 heterocycles. The summed E-state index contributed by atoms with van der Waals surface area (Å²) in [5.74, 6) is -1.28. The summed E-state index contributed by atoms with van der Waals surface area (Å²) in [6.45, 7) is 0. The number of aliphatic carboxylic acids is 1. The molecule has 6 nitrogen and oxygen atoms in total. The van der Waals surface area contributed by atoms with E-state index >= 15 is 0 Å². The van der Waals surface area contributed by atoms with Gasteiger partial charge in [-0.25, -0.2) is 5.43 Å². The minimum absolute atomic E-state index is 0.0567. The summed E-state index contributed by atoms with van der Waals surface area (Å²) < 4.78 is 0. The Kier molecular flexibility index (Phi) is 5.37. The Morgan fingerprint density at radius 1 is 1.00 bits per heavy atom. The van der Waals surface area contributed by atoms with E-state index in [9.17, 15) is 9.59 Å². The molecule has 22 heavy (non-hydrogen) atoms. The zero-order valence-electron chi connectivity index (χ0n) is 11.8. The van der Waals surface area contributed by atoms with Crippen molar-refractivity contribution in [1.82, 2.24) is 10.4 Å². The molecule has 0 radical (unpaired) electrons. The fourth-order valence-electron chi connectivity index (χ4n) is 1.81. The summed E-state index contributed by atoms with van der Waals surface area (Å²) >= 11 is 0. The maximum Gasteiger partial charge on any atom is 0.303 e. The lowest BCUT2D eigenvalue weighted by atomic mass is 10.1. The molecule has 2 aromatic rings. The van der Waals surface area contributed by atoms with Crippen LogP contribution in [0.15, 0.2) is 60.0 Å². The fraction of sp³-hybridized carbons (Fsp3) is 0.125. The van der Waals surface area contributed by atoms with Crippen molar-refractivity contribution in [2.75, 3.05) is 0 Å². The normalized spacial score (nSPS) is 11.0. The molecule has 0 aliphatic heterocycles. The number of benzene rings is 1. The van der Waals surface area contributed by atoms with Gasteiger partial charge in [-0.3, -0.25) is 14.6 Å². The Morgan fingerprint density at radius 2 is 1.68 bits per heavy atom. The van der Waals surface area contributed by atoms with Crippen LogP contribution in [-0.4, -0.2) is 27.7 Å². The Bertz CT molecular complexity index is 670. The minimum Gasteiger partial charge on any atom is -0.481 e. The molecule has 6 heteroatoms. The predicted octanol–water partition coefficient (Wildman–Crippen LogP) is 2.08. The van der Waals surface area contributed by atoms with E-state index in [1.165, 1.54) is 12.4 Å². The standard InChI is InChI=1S/C16H15N3O3/c20-15(21)7-6-14(12-4-2-1-3-5-12)18-19-16(22)13-8-10-17-11-9-13/h1-5,8-11H,6-7H2,(H,19,22)(H,20,21)/b18-14-. The summed E-state index contributed by atoms with van der Waals surface area (Å²) in [5, 5.41) is 12.9. The lowest BCUT2D eigenvalue weighted by Crippen LogP contribution is -2.20. The van der Waals surface area contributed by atoms with Gasteiger partial charge in [0.1, 0.15) is 0 Å². The lowest BCUT2D eigenvalue weighted by molar-refractivity contribution is -0.136. The largest absolute Gasteiger partial charge is 0.481 e. The van der Waals surface area contributed by atoms with Gasteiger partial charge in [-0.2, -0.15) is 5.10 Å². The van der Waals surface area contributed by atoms with Gasteiger partial charge in [0.05, 0.1) is 12.1 Å². The molecule has 0 bridgehead atoms. The first-order valence-corrected chi connectivity index (χ1v) is 6.71. The van der Waals surface area contributed by atoms with E-state index in [1.54, 1.807) is 12.1 Å². The van der Waals surface area contributed by atoms with Gasteiger partial charge in [0, 0.05) is 24.4 Å². The van der Waals surface area contributed by atoms with Crippen molar-refractivity contribution in [2.45, 2.75) is 12.8 Å². The van der Waals surface area contributed by atoms with Crippen molar-refractivity contribution in [1.29, 1.82) is 0 Å². The second-order valence-electron chi connectivity index (χ2n) is 4.50. The molecule has 1 aromatic carbocycles. The average molecular weight is 297 g/mol. The van der Waals surface area contributed by atoms with Crippen molar-refractivity contribution in [2.24, 2.45) is 5.10 Å². The molecular formula is C16H15N3O3. The first-order chi connectivity index (χ1) is 10.7. The summed E-state index contributed by atoms with van der Waals surface area (Å²) in [5.41, 5.74) is 4.18. The van der Waals surface area contributed by atoms with E-state index in [4.69, 9.17) is 5.11 Å². The molecule has 0 unspecified atom stereocenters. The summed E-state index contributed by atoms with van der Waals surface area (Å²) in [6, 6.07) is 12.3. The topological polar surface area (TPSA) is 91.6 Å². The number of rotatable bonds is 6. The van der Waals surface area contributed by atoms with Crippen LogP contribution in [0.25, 0.3) is 0 Å². The molecule has 0 aliphatic rings. The van der Waals surface area contributed by atoms with E-state index in [2.05, 4.69) is 15.5 Å². The van der Waals surface area contributed by atoms with Crippen LogP contribution >= 0.6 is 0 Å². The number of nitrogens with zero attached hydrogens (tertiary/aromatic N) is 2. The van der Waals surface area contributed by atoms with E-state index in [0.717, 1.165) is 5.56 Å². The summed E-state index contributed by atoms with van der Waals surface area (Å²) in [4.78, 5) is 26.5. The van der Waals surface area contributed by atoms with Gasteiger partial charge in [0.2, 0.25) is 0 Å². The van der Waals surface area contributed by atoms with Crippen molar-refractivity contribution < 1.29 is 14.7 Å². The zero-order valence-corrected chi connectivity index (χ0v) is 11.8. The molecule has 0 saturated carbocycles. The second-order valence-corrected chi connectivity index (χ2v) is 4.50. The van der Waals surface area contributed by atoms with Gasteiger partial charge in [0.25, 0.3) is 5.91 Å². The Hall–Kier alpha value is -3.02. The van der Waals surface area contributed by atoms with Crippen LogP contribution in [-0.2, 0) is 4.79 Å². The third-order valence-corrected chi connectivity index (χ3v) is 2.92. The monoisotopic (exact) mass is 297 g/mol.